The first kappa shape index (κ1) is 49.8. The fraction of sp³-hybridized carbons (Fsp3) is 0.879. The minimum absolute atomic E-state index is 0.758. The Bertz CT molecular complexity index is 1470. The summed E-state index contributed by atoms with van der Waals surface area (Å²) in [6, 6.07) is -4.96. The summed E-state index contributed by atoms with van der Waals surface area (Å²) >= 11 is 0. The maximum Gasteiger partial charge on any atom is 0.364 e. The van der Waals surface area contributed by atoms with Gasteiger partial charge in [-0.05, 0) is 0 Å². The number of aliphatic hydroxyl groups excluding tert-OH is 12. The number of aliphatic hydroxyl groups is 12. The highest BCUT2D eigenvalue weighted by atomic mass is 16.8. The quantitative estimate of drug-likeness (QED) is 0.0684. The maximum atomic E-state index is 12.9. The number of hydrogen-bond acceptors (Lipinski definition) is 23. The van der Waals surface area contributed by atoms with E-state index >= 15 is 0 Å². The van der Waals surface area contributed by atoms with E-state index < -0.39 is 185 Å². The van der Waals surface area contributed by atoms with Crippen molar-refractivity contribution >= 4 is 23.7 Å². The molecule has 27 heteroatoms. The Labute approximate surface area is 340 Å². The fourth-order valence-corrected chi connectivity index (χ4v) is 7.45. The van der Waals surface area contributed by atoms with Gasteiger partial charge in [-0.2, -0.15) is 0 Å². The molecule has 4 aliphatic heterocycles. The number of aliphatic carboxylic acids is 1. The van der Waals surface area contributed by atoms with E-state index in [9.17, 15) is 85.6 Å². The molecule has 346 valence electrons. The van der Waals surface area contributed by atoms with Crippen molar-refractivity contribution in [1.29, 1.82) is 0 Å². The molecule has 27 nitrogen and oxygen atoms in total. The van der Waals surface area contributed by atoms with Crippen molar-refractivity contribution in [2.24, 2.45) is 0 Å². The van der Waals surface area contributed by atoms with Crippen LogP contribution < -0.4 is 16.0 Å². The van der Waals surface area contributed by atoms with E-state index in [2.05, 4.69) is 16.0 Å². The van der Waals surface area contributed by atoms with Gasteiger partial charge in [0.2, 0.25) is 17.7 Å². The van der Waals surface area contributed by atoms with Crippen molar-refractivity contribution in [3.63, 3.8) is 0 Å². The number of carbonyl (C=O) groups is 4. The molecule has 3 amide bonds. The topological polar surface area (TPSA) is 432 Å². The van der Waals surface area contributed by atoms with Crippen LogP contribution in [0.2, 0.25) is 0 Å². The number of nitrogens with one attached hydrogen (secondary N) is 3. The second-order valence-corrected chi connectivity index (χ2v) is 14.8. The van der Waals surface area contributed by atoms with Gasteiger partial charge in [-0.15, -0.1) is 0 Å². The smallest absolute Gasteiger partial charge is 0.364 e. The largest absolute Gasteiger partial charge is 0.477 e. The predicted octanol–water partition coefficient (Wildman–Crippen LogP) is -10.1. The molecule has 0 saturated carbocycles. The van der Waals surface area contributed by atoms with Crippen LogP contribution in [0.4, 0.5) is 0 Å². The van der Waals surface area contributed by atoms with Crippen LogP contribution in [0.25, 0.3) is 0 Å². The molecule has 4 fully saturated rings. The molecule has 0 spiro atoms. The molecule has 0 unspecified atom stereocenters. The van der Waals surface area contributed by atoms with Crippen LogP contribution >= 0.6 is 0 Å². The highest BCUT2D eigenvalue weighted by Crippen LogP contribution is 2.39. The predicted molar refractivity (Wildman–Crippen MR) is 186 cm³/mol. The summed E-state index contributed by atoms with van der Waals surface area (Å²) < 4.78 is 40.1. The van der Waals surface area contributed by atoms with E-state index in [1.807, 2.05) is 0 Å². The number of carboxylic acid groups (broad SMARTS) is 1. The lowest BCUT2D eigenvalue weighted by Gasteiger charge is -2.51. The lowest BCUT2D eigenvalue weighted by molar-refractivity contribution is -0.387. The monoisotopic (exact) mass is 877 g/mol. The molecule has 16 N–H and O–H groups in total. The molecule has 4 heterocycles. The van der Waals surface area contributed by atoms with E-state index in [0.29, 0.717) is 0 Å². The molecule has 0 radical (unpaired) electrons. The van der Waals surface area contributed by atoms with Gasteiger partial charge in [-0.1, -0.05) is 0 Å². The Morgan fingerprint density at radius 1 is 0.650 bits per heavy atom. The minimum Gasteiger partial charge on any atom is -0.477 e. The van der Waals surface area contributed by atoms with Crippen molar-refractivity contribution in [3.05, 3.63) is 0 Å². The molecule has 4 aliphatic rings. The molecule has 0 aromatic carbocycles. The summed E-state index contributed by atoms with van der Waals surface area (Å²) in [4.78, 5) is 49.4. The van der Waals surface area contributed by atoms with E-state index in [4.69, 9.17) is 33.2 Å². The zero-order chi connectivity index (χ0) is 45.0. The van der Waals surface area contributed by atoms with E-state index in [0.717, 1.165) is 20.8 Å². The van der Waals surface area contributed by atoms with Gasteiger partial charge in [0.1, 0.15) is 91.4 Å². The van der Waals surface area contributed by atoms with Crippen molar-refractivity contribution in [1.82, 2.24) is 16.0 Å². The highest BCUT2D eigenvalue weighted by Gasteiger charge is 2.61. The first-order valence-corrected chi connectivity index (χ1v) is 18.7. The maximum absolute atomic E-state index is 12.9. The Balaban J connectivity index is 1.75. The zero-order valence-corrected chi connectivity index (χ0v) is 32.4. The number of hydrogen-bond donors (Lipinski definition) is 16. The van der Waals surface area contributed by atoms with Crippen LogP contribution in [0.15, 0.2) is 0 Å². The summed E-state index contributed by atoms with van der Waals surface area (Å²) in [6.07, 6.45) is -34.5. The van der Waals surface area contributed by atoms with Gasteiger partial charge < -0.3 is 115 Å². The molecule has 4 rings (SSSR count). The van der Waals surface area contributed by atoms with Crippen LogP contribution in [-0.4, -0.2) is 245 Å². The zero-order valence-electron chi connectivity index (χ0n) is 32.4. The van der Waals surface area contributed by atoms with Gasteiger partial charge >= 0.3 is 5.97 Å². The molecular formula is C33H55N3O24. The number of rotatable bonds is 16. The van der Waals surface area contributed by atoms with Gasteiger partial charge in [0.05, 0.1) is 38.6 Å². The molecule has 21 atom stereocenters. The van der Waals surface area contributed by atoms with Gasteiger partial charge in [0.25, 0.3) is 5.79 Å². The first-order valence-electron chi connectivity index (χ1n) is 18.7. The Hall–Kier alpha value is -2.88. The average Bonchev–Trinajstić information content (AvgIpc) is 3.18. The normalized spacial score (nSPS) is 43.3. The number of carboxylic acids is 1. The van der Waals surface area contributed by atoms with Crippen molar-refractivity contribution in [3.8, 4) is 0 Å². The highest BCUT2D eigenvalue weighted by molar-refractivity contribution is 5.77. The third-order valence-corrected chi connectivity index (χ3v) is 10.4. The standard InChI is InChI=1S/C33H55N3O24/c1-9(41)34-17-12(44)4-33(32(52)53,59-26(17)20(46)13(45)5-37)60-28-22(48)15(7-39)56-31(24(28)50)58-27-19(36-11(3)43)29(51)54-16(8-40)25(27)57-30-18(35-10(2)42)23(49)21(47)14(6-38)55-30/h12-31,37-40,44-51H,4-8H2,1-3H3,(H,34,41)(H,35,42)(H,36,43)(H,52,53)/t12-,13+,14+,15+,16+,17+,18+,19+,20+,21+,22-,23+,24+,25-,26+,27+,28-,29+,30-,31-,33-/m0/s1. The van der Waals surface area contributed by atoms with Gasteiger partial charge in [0.15, 0.2) is 18.9 Å². The number of carbonyl (C=O) groups excluding carboxylic acids is 3. The molecule has 0 aromatic rings. The van der Waals surface area contributed by atoms with E-state index in [1.54, 1.807) is 0 Å². The van der Waals surface area contributed by atoms with Crippen molar-refractivity contribution in [2.75, 3.05) is 26.4 Å². The van der Waals surface area contributed by atoms with Crippen LogP contribution in [0.3, 0.4) is 0 Å². The SMILES string of the molecule is CC(=O)N[C@@H]1[C@@H](O[C@@H]2O[C@H](CO)[C@H](O)[C@H](O[C@]3(C(=O)O)C[C@H](O)[C@@H](NC(C)=O)[C@H]([C@H](O)[C@H](O)CO)O3)[C@H]2O)[C@@H](O[C@@H]2O[C@H](CO)[C@@H](O)[C@H](O)[C@H]2NC(C)=O)[C@@H](CO)O[C@H]1O. The van der Waals surface area contributed by atoms with Crippen molar-refractivity contribution in [2.45, 2.75) is 155 Å². The Morgan fingerprint density at radius 3 is 1.70 bits per heavy atom. The van der Waals surface area contributed by atoms with Gasteiger partial charge in [0, 0.05) is 27.2 Å². The minimum atomic E-state index is -3.16. The summed E-state index contributed by atoms with van der Waals surface area (Å²) in [5.74, 6) is -7.58. The third kappa shape index (κ3) is 10.8. The molecule has 0 aromatic heterocycles. The van der Waals surface area contributed by atoms with Gasteiger partial charge in [-0.25, -0.2) is 4.79 Å². The molecule has 0 aliphatic carbocycles. The summed E-state index contributed by atoms with van der Waals surface area (Å²) in [5.41, 5.74) is 0. The van der Waals surface area contributed by atoms with E-state index in [-0.39, 0.29) is 0 Å². The third-order valence-electron chi connectivity index (χ3n) is 10.4. The average molecular weight is 878 g/mol. The van der Waals surface area contributed by atoms with Crippen molar-refractivity contribution < 1.29 is 119 Å². The Kier molecular flexibility index (Phi) is 17.4. The van der Waals surface area contributed by atoms with Crippen LogP contribution in [0, 0.1) is 0 Å². The summed E-state index contributed by atoms with van der Waals surface area (Å²) in [6.45, 7) is -1.00. The van der Waals surface area contributed by atoms with Crippen LogP contribution in [-0.2, 0) is 52.3 Å². The molecule has 0 bridgehead atoms. The van der Waals surface area contributed by atoms with Gasteiger partial charge in [-0.3, -0.25) is 14.4 Å². The van der Waals surface area contributed by atoms with Crippen LogP contribution in [0.5, 0.6) is 0 Å². The lowest BCUT2D eigenvalue weighted by atomic mass is 9.88. The van der Waals surface area contributed by atoms with E-state index in [1.165, 1.54) is 0 Å². The lowest BCUT2D eigenvalue weighted by Crippen LogP contribution is -2.72. The molecular weight excluding hydrogens is 822 g/mol. The Morgan fingerprint density at radius 2 is 1.17 bits per heavy atom. The first-order chi connectivity index (χ1) is 28.1. The second kappa shape index (κ2) is 21.0. The summed E-state index contributed by atoms with van der Waals surface area (Å²) in [7, 11) is 0. The van der Waals surface area contributed by atoms with Crippen LogP contribution in [0.1, 0.15) is 27.2 Å². The molecule has 60 heavy (non-hydrogen) atoms. The number of amides is 3. The number of ether oxygens (including phenoxy) is 7. The fourth-order valence-electron chi connectivity index (χ4n) is 7.45. The second-order valence-electron chi connectivity index (χ2n) is 14.8. The molecule has 4 saturated heterocycles. The summed E-state index contributed by atoms with van der Waals surface area (Å²) in [5, 5.41) is 145.